The number of rotatable bonds is 17. The van der Waals surface area contributed by atoms with Crippen molar-refractivity contribution in [2.45, 2.75) is 97.6 Å². The van der Waals surface area contributed by atoms with Crippen molar-refractivity contribution in [1.82, 2.24) is 10.6 Å². The van der Waals surface area contributed by atoms with Crippen LogP contribution in [0.15, 0.2) is 12.1 Å². The highest BCUT2D eigenvalue weighted by molar-refractivity contribution is 5.45. The van der Waals surface area contributed by atoms with Crippen molar-refractivity contribution in [3.05, 3.63) is 28.8 Å². The van der Waals surface area contributed by atoms with Crippen LogP contribution in [0.3, 0.4) is 0 Å². The lowest BCUT2D eigenvalue weighted by Gasteiger charge is -2.18. The standard InChI is InChI=1S/C24H44N2O/c1-5-7-8-9-10-11-12-13-14-15-16-27-24-22(19-25-3)17-21(6-2)18-23(24)20-26-4/h17-18,25-26H,5-16,19-20H2,1-4H3. The Kier molecular flexibility index (Phi) is 14.2. The molecule has 0 aliphatic carbocycles. The second-order valence-electron chi connectivity index (χ2n) is 7.69. The molecule has 0 heterocycles. The summed E-state index contributed by atoms with van der Waals surface area (Å²) >= 11 is 0. The maximum Gasteiger partial charge on any atom is 0.128 e. The molecule has 3 heteroatoms. The third kappa shape index (κ3) is 10.2. The molecule has 0 saturated carbocycles. The van der Waals surface area contributed by atoms with Crippen molar-refractivity contribution in [2.24, 2.45) is 0 Å². The van der Waals surface area contributed by atoms with Crippen LogP contribution in [-0.4, -0.2) is 20.7 Å². The SMILES string of the molecule is CCCCCCCCCCCCOc1c(CNC)cc(CC)cc1CNC. The van der Waals surface area contributed by atoms with E-state index in [1.165, 1.54) is 74.5 Å². The molecule has 0 saturated heterocycles. The smallest absolute Gasteiger partial charge is 0.128 e. The minimum atomic E-state index is 0.829. The number of aryl methyl sites for hydroxylation is 1. The molecule has 1 rings (SSSR count). The fraction of sp³-hybridized carbons (Fsp3) is 0.750. The van der Waals surface area contributed by atoms with Gasteiger partial charge in [0, 0.05) is 24.2 Å². The molecule has 1 aromatic carbocycles. The molecular weight excluding hydrogens is 332 g/mol. The van der Waals surface area contributed by atoms with Crippen LogP contribution in [0.5, 0.6) is 5.75 Å². The highest BCUT2D eigenvalue weighted by Crippen LogP contribution is 2.27. The minimum absolute atomic E-state index is 0.829. The largest absolute Gasteiger partial charge is 0.493 e. The van der Waals surface area contributed by atoms with Crippen LogP contribution in [0.2, 0.25) is 0 Å². The molecule has 0 unspecified atom stereocenters. The lowest BCUT2D eigenvalue weighted by molar-refractivity contribution is 0.297. The molecule has 0 fully saturated rings. The molecule has 27 heavy (non-hydrogen) atoms. The third-order valence-corrected chi connectivity index (χ3v) is 5.19. The molecule has 0 bridgehead atoms. The zero-order valence-electron chi connectivity index (χ0n) is 18.5. The maximum absolute atomic E-state index is 6.26. The van der Waals surface area contributed by atoms with Gasteiger partial charge in [0.15, 0.2) is 0 Å². The van der Waals surface area contributed by atoms with Crippen LogP contribution in [0.25, 0.3) is 0 Å². The Morgan fingerprint density at radius 3 is 1.63 bits per heavy atom. The van der Waals surface area contributed by atoms with Gasteiger partial charge in [-0.15, -0.1) is 0 Å². The van der Waals surface area contributed by atoms with Crippen LogP contribution in [-0.2, 0) is 19.5 Å². The summed E-state index contributed by atoms with van der Waals surface area (Å²) < 4.78 is 6.26. The van der Waals surface area contributed by atoms with E-state index >= 15 is 0 Å². The van der Waals surface area contributed by atoms with Crippen molar-refractivity contribution in [3.63, 3.8) is 0 Å². The zero-order chi connectivity index (χ0) is 19.7. The van der Waals surface area contributed by atoms with E-state index in [4.69, 9.17) is 4.74 Å². The summed E-state index contributed by atoms with van der Waals surface area (Å²) in [4.78, 5) is 0. The topological polar surface area (TPSA) is 33.3 Å². The van der Waals surface area contributed by atoms with E-state index in [0.717, 1.165) is 38.3 Å². The lowest BCUT2D eigenvalue weighted by Crippen LogP contribution is -2.13. The summed E-state index contributed by atoms with van der Waals surface area (Å²) in [5.41, 5.74) is 3.96. The van der Waals surface area contributed by atoms with E-state index in [0.29, 0.717) is 0 Å². The van der Waals surface area contributed by atoms with E-state index in [1.54, 1.807) is 0 Å². The maximum atomic E-state index is 6.26. The molecule has 1 aromatic rings. The van der Waals surface area contributed by atoms with E-state index in [-0.39, 0.29) is 0 Å². The second-order valence-corrected chi connectivity index (χ2v) is 7.69. The van der Waals surface area contributed by atoms with Gasteiger partial charge in [-0.3, -0.25) is 0 Å². The van der Waals surface area contributed by atoms with Crippen molar-refractivity contribution >= 4 is 0 Å². The van der Waals surface area contributed by atoms with Crippen molar-refractivity contribution < 1.29 is 4.74 Å². The van der Waals surface area contributed by atoms with Gasteiger partial charge < -0.3 is 15.4 Å². The van der Waals surface area contributed by atoms with Gasteiger partial charge in [0.1, 0.15) is 5.75 Å². The first-order valence-electron chi connectivity index (χ1n) is 11.3. The van der Waals surface area contributed by atoms with Crippen molar-refractivity contribution in [1.29, 1.82) is 0 Å². The van der Waals surface area contributed by atoms with Gasteiger partial charge in [-0.1, -0.05) is 83.8 Å². The van der Waals surface area contributed by atoms with E-state index in [1.807, 2.05) is 14.1 Å². The van der Waals surface area contributed by atoms with Gasteiger partial charge >= 0.3 is 0 Å². The Labute approximate surface area is 168 Å². The Morgan fingerprint density at radius 2 is 1.19 bits per heavy atom. The highest BCUT2D eigenvalue weighted by Gasteiger charge is 2.11. The molecular formula is C24H44N2O. The number of benzene rings is 1. The molecule has 0 aliphatic heterocycles. The predicted octanol–water partition coefficient (Wildman–Crippen LogP) is 5.99. The van der Waals surface area contributed by atoms with Crippen LogP contribution < -0.4 is 15.4 Å². The number of hydrogen-bond acceptors (Lipinski definition) is 3. The van der Waals surface area contributed by atoms with Crippen molar-refractivity contribution in [3.8, 4) is 5.75 Å². The first kappa shape index (κ1) is 24.0. The summed E-state index contributed by atoms with van der Waals surface area (Å²) in [6, 6.07) is 4.59. The lowest BCUT2D eigenvalue weighted by atomic mass is 10.0. The third-order valence-electron chi connectivity index (χ3n) is 5.19. The summed E-state index contributed by atoms with van der Waals surface area (Å²) in [5, 5.41) is 6.58. The molecule has 156 valence electrons. The summed E-state index contributed by atoms with van der Waals surface area (Å²) in [6.07, 6.45) is 14.6. The number of nitrogens with one attached hydrogen (secondary N) is 2. The quantitative estimate of drug-likeness (QED) is 0.328. The first-order chi connectivity index (χ1) is 13.3. The van der Waals surface area contributed by atoms with Gasteiger partial charge in [-0.2, -0.15) is 0 Å². The Morgan fingerprint density at radius 1 is 0.704 bits per heavy atom. The molecule has 0 spiro atoms. The summed E-state index contributed by atoms with van der Waals surface area (Å²) in [6.45, 7) is 7.04. The predicted molar refractivity (Wildman–Crippen MR) is 119 cm³/mol. The highest BCUT2D eigenvalue weighted by atomic mass is 16.5. The van der Waals surface area contributed by atoms with Gasteiger partial charge in [0.2, 0.25) is 0 Å². The van der Waals surface area contributed by atoms with Crippen LogP contribution >= 0.6 is 0 Å². The summed E-state index contributed by atoms with van der Waals surface area (Å²) in [5.74, 6) is 1.09. The monoisotopic (exact) mass is 376 g/mol. The minimum Gasteiger partial charge on any atom is -0.493 e. The van der Waals surface area contributed by atoms with E-state index < -0.39 is 0 Å². The Balaban J connectivity index is 2.36. The average Bonchev–Trinajstić information content (AvgIpc) is 2.67. The Bertz CT molecular complexity index is 460. The first-order valence-corrected chi connectivity index (χ1v) is 11.3. The molecule has 0 atom stereocenters. The van der Waals surface area contributed by atoms with Crippen LogP contribution in [0.1, 0.15) is 94.7 Å². The fourth-order valence-corrected chi connectivity index (χ4v) is 3.62. The molecule has 0 radical (unpaired) electrons. The average molecular weight is 377 g/mol. The Hall–Kier alpha value is -1.06. The van der Waals surface area contributed by atoms with Gasteiger partial charge in [-0.25, -0.2) is 0 Å². The van der Waals surface area contributed by atoms with Crippen LogP contribution in [0.4, 0.5) is 0 Å². The fourth-order valence-electron chi connectivity index (χ4n) is 3.62. The number of ether oxygens (including phenoxy) is 1. The number of hydrogen-bond donors (Lipinski definition) is 2. The normalized spacial score (nSPS) is 11.1. The van der Waals surface area contributed by atoms with Crippen molar-refractivity contribution in [2.75, 3.05) is 20.7 Å². The number of unbranched alkanes of at least 4 members (excludes halogenated alkanes) is 9. The molecule has 0 aliphatic rings. The molecule has 0 amide bonds. The van der Waals surface area contributed by atoms with Gasteiger partial charge in [-0.05, 0) is 32.5 Å². The van der Waals surface area contributed by atoms with Crippen LogP contribution in [0, 0.1) is 0 Å². The zero-order valence-corrected chi connectivity index (χ0v) is 18.5. The molecule has 2 N–H and O–H groups in total. The molecule has 0 aromatic heterocycles. The van der Waals surface area contributed by atoms with E-state index in [2.05, 4.69) is 36.6 Å². The van der Waals surface area contributed by atoms with Gasteiger partial charge in [0.05, 0.1) is 6.61 Å². The summed E-state index contributed by atoms with van der Waals surface area (Å²) in [7, 11) is 4.00. The van der Waals surface area contributed by atoms with Gasteiger partial charge in [0.25, 0.3) is 0 Å². The second kappa shape index (κ2) is 15.9. The van der Waals surface area contributed by atoms with E-state index in [9.17, 15) is 0 Å². The molecule has 3 nitrogen and oxygen atoms in total.